The molecule has 0 spiro atoms. The van der Waals surface area contributed by atoms with E-state index in [1.165, 1.54) is 18.2 Å². The van der Waals surface area contributed by atoms with E-state index in [1.807, 2.05) is 76.2 Å². The normalized spacial score (nSPS) is 12.1. The van der Waals surface area contributed by atoms with Crippen LogP contribution in [0.15, 0.2) is 173 Å². The molecule has 15 nitrogen and oxygen atoms in total. The van der Waals surface area contributed by atoms with Gasteiger partial charge < -0.3 is 20.3 Å². The van der Waals surface area contributed by atoms with Crippen molar-refractivity contribution in [3.8, 4) is 17.2 Å². The van der Waals surface area contributed by atoms with Crippen LogP contribution in [0, 0.1) is 27.7 Å². The number of aromatic hydroxyl groups is 2. The lowest BCUT2D eigenvalue weighted by molar-refractivity contribution is 0.346. The molecule has 16 heteroatoms. The number of phenols is 2. The van der Waals surface area contributed by atoms with Gasteiger partial charge in [-0.2, -0.15) is 39.1 Å². The predicted octanol–water partition coefficient (Wildman–Crippen LogP) is 13.8. The molecule has 306 valence electrons. The zero-order chi connectivity index (χ0) is 43.1. The van der Waals surface area contributed by atoms with Crippen LogP contribution in [-0.4, -0.2) is 29.9 Å². The molecule has 0 aliphatic carbocycles. The van der Waals surface area contributed by atoms with E-state index in [-0.39, 0.29) is 28.8 Å². The van der Waals surface area contributed by atoms with Gasteiger partial charge in [0.25, 0.3) is 10.1 Å². The van der Waals surface area contributed by atoms with Gasteiger partial charge >= 0.3 is 0 Å². The molecule has 0 heterocycles. The largest absolute Gasteiger partial charge is 0.508 e. The standard InChI is InChI=1S/C45H39N9O6S/c1-27-21-34(11-19-38(27)49-47-33-12-20-39(28(2)22-33)50-51-40-7-5-6-8-44(40)61(57,58)59)48-53-42-23-30(4)43(24-29(42)3)54-52-41-18-9-31-25-32(10-17-37(31)45(41)56)46-26-60-36-15-13-35(55)14-16-36/h5-25,46,55-56H,26H2,1-4H3,(H,57,58,59). The Balaban J connectivity index is 0.973. The molecule has 4 N–H and O–H groups in total. The molecule has 7 aromatic rings. The lowest BCUT2D eigenvalue weighted by atomic mass is 10.1. The third kappa shape index (κ3) is 10.3. The van der Waals surface area contributed by atoms with Gasteiger partial charge in [0, 0.05) is 11.1 Å². The fourth-order valence-corrected chi connectivity index (χ4v) is 6.69. The SMILES string of the molecule is Cc1cc(N=Nc2cc(C)c(N=Nc3ccc4cc(NCOc5ccc(O)cc5)ccc4c3O)cc2C)ccc1N=Nc1ccc(N=Nc2ccccc2S(=O)(=O)O)c(C)c1. The Morgan fingerprint density at radius 2 is 1.05 bits per heavy atom. The number of phenolic OH excluding ortho intramolecular Hbond substituents is 2. The summed E-state index contributed by atoms with van der Waals surface area (Å²) in [4.78, 5) is -0.327. The zero-order valence-electron chi connectivity index (χ0n) is 33.4. The van der Waals surface area contributed by atoms with Crippen molar-refractivity contribution >= 4 is 72.1 Å². The first-order valence-corrected chi connectivity index (χ1v) is 20.2. The number of hydrogen-bond donors (Lipinski definition) is 4. The summed E-state index contributed by atoms with van der Waals surface area (Å²) in [6.45, 7) is 7.76. The Bertz CT molecular complexity index is 3010. The van der Waals surface area contributed by atoms with E-state index < -0.39 is 10.1 Å². The van der Waals surface area contributed by atoms with E-state index in [9.17, 15) is 23.2 Å². The molecule has 0 bridgehead atoms. The Morgan fingerprint density at radius 1 is 0.525 bits per heavy atom. The van der Waals surface area contributed by atoms with Crippen LogP contribution < -0.4 is 10.1 Å². The van der Waals surface area contributed by atoms with Crippen LogP contribution in [-0.2, 0) is 10.1 Å². The van der Waals surface area contributed by atoms with Crippen LogP contribution in [0.1, 0.15) is 22.3 Å². The average molecular weight is 834 g/mol. The highest BCUT2D eigenvalue weighted by molar-refractivity contribution is 7.86. The minimum Gasteiger partial charge on any atom is -0.508 e. The molecule has 0 atom stereocenters. The second-order valence-corrected chi connectivity index (χ2v) is 15.3. The number of aryl methyl sites for hydroxylation is 4. The molecule has 0 fully saturated rings. The highest BCUT2D eigenvalue weighted by Gasteiger charge is 2.15. The minimum absolute atomic E-state index is 0.0190. The Labute approximate surface area is 351 Å². The number of nitrogens with zero attached hydrogens (tertiary/aromatic N) is 8. The maximum absolute atomic E-state index is 11.7. The molecular formula is C45H39N9O6S. The number of hydrogen-bond acceptors (Lipinski definition) is 14. The summed E-state index contributed by atoms with van der Waals surface area (Å²) in [5.74, 6) is 0.810. The van der Waals surface area contributed by atoms with Gasteiger partial charge in [-0.05, 0) is 165 Å². The van der Waals surface area contributed by atoms with Crippen LogP contribution in [0.5, 0.6) is 17.2 Å². The molecule has 0 amide bonds. The first kappa shape index (κ1) is 41.5. The number of rotatable bonds is 13. The highest BCUT2D eigenvalue weighted by atomic mass is 32.2. The van der Waals surface area contributed by atoms with Crippen molar-refractivity contribution in [1.29, 1.82) is 0 Å². The van der Waals surface area contributed by atoms with Gasteiger partial charge in [0.2, 0.25) is 0 Å². The van der Waals surface area contributed by atoms with E-state index in [2.05, 4.69) is 46.2 Å². The van der Waals surface area contributed by atoms with Gasteiger partial charge in [0.15, 0.2) is 12.5 Å². The number of azo groups is 4. The number of anilines is 1. The molecule has 61 heavy (non-hydrogen) atoms. The van der Waals surface area contributed by atoms with Gasteiger partial charge in [-0.3, -0.25) is 4.55 Å². The fraction of sp³-hybridized carbons (Fsp3) is 0.111. The zero-order valence-corrected chi connectivity index (χ0v) is 34.2. The van der Waals surface area contributed by atoms with Gasteiger partial charge in [0.1, 0.15) is 27.8 Å². The maximum atomic E-state index is 11.7. The van der Waals surface area contributed by atoms with Crippen molar-refractivity contribution in [2.24, 2.45) is 40.9 Å². The summed E-state index contributed by atoms with van der Waals surface area (Å²) in [5.41, 5.74) is 8.08. The smallest absolute Gasteiger partial charge is 0.296 e. The molecule has 7 aromatic carbocycles. The topological polar surface area (TPSA) is 215 Å². The molecule has 0 unspecified atom stereocenters. The lowest BCUT2D eigenvalue weighted by Gasteiger charge is -2.11. The molecular weight excluding hydrogens is 795 g/mol. The van der Waals surface area contributed by atoms with Crippen LogP contribution in [0.2, 0.25) is 0 Å². The van der Waals surface area contributed by atoms with Crippen molar-refractivity contribution in [3.05, 3.63) is 150 Å². The first-order chi connectivity index (χ1) is 29.3. The van der Waals surface area contributed by atoms with Gasteiger partial charge in [-0.1, -0.05) is 18.2 Å². The molecule has 0 saturated carbocycles. The fourth-order valence-electron chi connectivity index (χ4n) is 6.06. The molecule has 0 aromatic heterocycles. The Morgan fingerprint density at radius 3 is 1.67 bits per heavy atom. The van der Waals surface area contributed by atoms with Crippen LogP contribution in [0.25, 0.3) is 10.8 Å². The highest BCUT2D eigenvalue weighted by Crippen LogP contribution is 2.38. The Kier molecular flexibility index (Phi) is 12.3. The maximum Gasteiger partial charge on any atom is 0.296 e. The third-order valence-corrected chi connectivity index (χ3v) is 10.3. The quantitative estimate of drug-likeness (QED) is 0.0500. The van der Waals surface area contributed by atoms with E-state index in [1.54, 1.807) is 60.7 Å². The number of nitrogens with one attached hydrogen (secondary N) is 1. The summed E-state index contributed by atoms with van der Waals surface area (Å²) < 4.78 is 38.5. The van der Waals surface area contributed by atoms with Crippen molar-refractivity contribution < 1.29 is 27.9 Å². The summed E-state index contributed by atoms with van der Waals surface area (Å²) in [6.07, 6.45) is 0. The van der Waals surface area contributed by atoms with Gasteiger partial charge in [-0.25, -0.2) is 0 Å². The Hall–Kier alpha value is -7.69. The lowest BCUT2D eigenvalue weighted by Crippen LogP contribution is -2.08. The summed E-state index contributed by atoms with van der Waals surface area (Å²) in [6, 6.07) is 35.8. The summed E-state index contributed by atoms with van der Waals surface area (Å²) >= 11 is 0. The van der Waals surface area contributed by atoms with E-state index in [0.717, 1.165) is 33.3 Å². The molecule has 0 radical (unpaired) electrons. The molecule has 0 saturated heterocycles. The van der Waals surface area contributed by atoms with E-state index >= 15 is 0 Å². The van der Waals surface area contributed by atoms with Crippen LogP contribution in [0.3, 0.4) is 0 Å². The minimum atomic E-state index is -4.45. The predicted molar refractivity (Wildman–Crippen MR) is 234 cm³/mol. The van der Waals surface area contributed by atoms with Crippen molar-refractivity contribution in [3.63, 3.8) is 0 Å². The number of ether oxygens (including phenoxy) is 1. The van der Waals surface area contributed by atoms with Gasteiger partial charge in [0.05, 0.1) is 34.1 Å². The second kappa shape index (κ2) is 18.1. The summed E-state index contributed by atoms with van der Waals surface area (Å²) in [7, 11) is -4.45. The van der Waals surface area contributed by atoms with Crippen LogP contribution >= 0.6 is 0 Å². The monoisotopic (exact) mass is 833 g/mol. The van der Waals surface area contributed by atoms with Crippen molar-refractivity contribution in [2.75, 3.05) is 12.0 Å². The first-order valence-electron chi connectivity index (χ1n) is 18.8. The van der Waals surface area contributed by atoms with Gasteiger partial charge in [-0.15, -0.1) is 10.2 Å². The van der Waals surface area contributed by atoms with Crippen LogP contribution in [0.4, 0.5) is 51.2 Å². The average Bonchev–Trinajstić information content (AvgIpc) is 3.23. The molecule has 7 rings (SSSR count). The van der Waals surface area contributed by atoms with E-state index in [4.69, 9.17) is 4.74 Å². The third-order valence-electron chi connectivity index (χ3n) is 9.42. The van der Waals surface area contributed by atoms with E-state index in [0.29, 0.717) is 50.9 Å². The van der Waals surface area contributed by atoms with Crippen molar-refractivity contribution in [2.45, 2.75) is 32.6 Å². The summed E-state index contributed by atoms with van der Waals surface area (Å²) in [5, 5.41) is 59.9. The van der Waals surface area contributed by atoms with Crippen molar-refractivity contribution in [1.82, 2.24) is 0 Å². The second-order valence-electron chi connectivity index (χ2n) is 13.9. The number of fused-ring (bicyclic) bond motifs is 1. The number of benzene rings is 7. The molecule has 0 aliphatic heterocycles. The molecule has 0 aliphatic rings.